The largest absolute Gasteiger partial charge is 0.497 e. The molecule has 2 aliphatic rings. The number of fused-ring (bicyclic) bond motifs is 3. The van der Waals surface area contributed by atoms with Crippen LogP contribution in [0.25, 0.3) is 0 Å². The Kier molecular flexibility index (Phi) is 4.06. The van der Waals surface area contributed by atoms with Gasteiger partial charge in [0.05, 0.1) is 23.7 Å². The molecule has 0 fully saturated rings. The Bertz CT molecular complexity index is 1000. The van der Waals surface area contributed by atoms with Gasteiger partial charge in [-0.05, 0) is 53.9 Å². The monoisotopic (exact) mass is 396 g/mol. The van der Waals surface area contributed by atoms with Crippen molar-refractivity contribution in [3.8, 4) is 11.5 Å². The normalized spacial score (nSPS) is 20.5. The number of rotatable bonds is 3. The van der Waals surface area contributed by atoms with Gasteiger partial charge in [0.1, 0.15) is 11.5 Å². The first-order chi connectivity index (χ1) is 13.2. The smallest absolute Gasteiger partial charge is 0.213 e. The summed E-state index contributed by atoms with van der Waals surface area (Å²) in [5, 5.41) is 9.80. The van der Waals surface area contributed by atoms with Crippen LogP contribution in [0.15, 0.2) is 65.1 Å². The molecule has 5 rings (SSSR count). The van der Waals surface area contributed by atoms with Crippen molar-refractivity contribution >= 4 is 28.6 Å². The fraction of sp³-hybridized carbons (Fsp3) is 0.190. The highest BCUT2D eigenvalue weighted by atomic mass is 35.5. The molecule has 27 heavy (non-hydrogen) atoms. The van der Waals surface area contributed by atoms with E-state index >= 15 is 0 Å². The number of hydrazone groups is 1. The zero-order chi connectivity index (χ0) is 18.4. The number of benzene rings is 2. The SMILES string of the molecule is COc1ccc(C2Oc3ccc(Cl)cc3C3CC(c4cccs4)=NN32)cc1. The summed E-state index contributed by atoms with van der Waals surface area (Å²) in [7, 11) is 1.67. The molecule has 0 aliphatic carbocycles. The summed E-state index contributed by atoms with van der Waals surface area (Å²) < 4.78 is 11.6. The third-order valence-corrected chi connectivity index (χ3v) is 6.11. The van der Waals surface area contributed by atoms with Crippen LogP contribution in [0.4, 0.5) is 0 Å². The Morgan fingerprint density at radius 3 is 2.78 bits per heavy atom. The van der Waals surface area contributed by atoms with Crippen molar-refractivity contribution in [2.24, 2.45) is 5.10 Å². The molecule has 6 heteroatoms. The number of methoxy groups -OCH3 is 1. The van der Waals surface area contributed by atoms with E-state index < -0.39 is 0 Å². The Morgan fingerprint density at radius 2 is 2.04 bits per heavy atom. The molecule has 1 aromatic heterocycles. The van der Waals surface area contributed by atoms with E-state index in [2.05, 4.69) is 22.5 Å². The Hall–Kier alpha value is -2.50. The Balaban J connectivity index is 1.59. The van der Waals surface area contributed by atoms with Crippen LogP contribution in [0.3, 0.4) is 0 Å². The van der Waals surface area contributed by atoms with Gasteiger partial charge >= 0.3 is 0 Å². The van der Waals surface area contributed by atoms with Gasteiger partial charge in [-0.3, -0.25) is 0 Å². The first-order valence-electron chi connectivity index (χ1n) is 8.72. The molecule has 0 amide bonds. The van der Waals surface area contributed by atoms with Crippen molar-refractivity contribution in [1.29, 1.82) is 0 Å². The standard InChI is InChI=1S/C21H17ClN2O2S/c1-25-15-7-4-13(5-8-15)21-24-18(12-17(23-24)20-3-2-10-27-20)16-11-14(22)6-9-19(16)26-21/h2-11,18,21H,12H2,1H3. The minimum absolute atomic E-state index is 0.108. The summed E-state index contributed by atoms with van der Waals surface area (Å²) >= 11 is 7.98. The quantitative estimate of drug-likeness (QED) is 0.573. The number of ether oxygens (including phenoxy) is 2. The third kappa shape index (κ3) is 2.87. The lowest BCUT2D eigenvalue weighted by Crippen LogP contribution is -2.33. The number of nitrogens with zero attached hydrogens (tertiary/aromatic N) is 2. The van der Waals surface area contributed by atoms with Gasteiger partial charge < -0.3 is 9.47 Å². The van der Waals surface area contributed by atoms with E-state index in [-0.39, 0.29) is 12.3 Å². The lowest BCUT2D eigenvalue weighted by Gasteiger charge is -2.38. The highest BCUT2D eigenvalue weighted by Crippen LogP contribution is 2.48. The van der Waals surface area contributed by atoms with E-state index in [0.29, 0.717) is 5.02 Å². The maximum Gasteiger partial charge on any atom is 0.213 e. The van der Waals surface area contributed by atoms with Crippen molar-refractivity contribution in [1.82, 2.24) is 5.01 Å². The van der Waals surface area contributed by atoms with Crippen LogP contribution < -0.4 is 9.47 Å². The average Bonchev–Trinajstić information content (AvgIpc) is 3.37. The van der Waals surface area contributed by atoms with Crippen molar-refractivity contribution < 1.29 is 9.47 Å². The van der Waals surface area contributed by atoms with Gasteiger partial charge in [0.25, 0.3) is 0 Å². The summed E-state index contributed by atoms with van der Waals surface area (Å²) in [6.45, 7) is 0. The molecule has 0 saturated heterocycles. The molecule has 2 aromatic carbocycles. The van der Waals surface area contributed by atoms with Crippen LogP contribution >= 0.6 is 22.9 Å². The van der Waals surface area contributed by atoms with Crippen molar-refractivity contribution in [2.75, 3.05) is 7.11 Å². The molecule has 0 radical (unpaired) electrons. The molecule has 136 valence electrons. The summed E-state index contributed by atoms with van der Waals surface area (Å²) in [5.74, 6) is 1.69. The van der Waals surface area contributed by atoms with Crippen LogP contribution in [-0.4, -0.2) is 17.8 Å². The molecule has 0 N–H and O–H groups in total. The average molecular weight is 397 g/mol. The number of thiophene rings is 1. The molecule has 0 bridgehead atoms. The van der Waals surface area contributed by atoms with Gasteiger partial charge in [0, 0.05) is 22.6 Å². The second kappa shape index (κ2) is 6.59. The van der Waals surface area contributed by atoms with E-state index in [1.807, 2.05) is 42.5 Å². The minimum atomic E-state index is -0.285. The second-order valence-electron chi connectivity index (χ2n) is 6.55. The predicted molar refractivity (Wildman–Crippen MR) is 108 cm³/mol. The first-order valence-corrected chi connectivity index (χ1v) is 9.98. The summed E-state index contributed by atoms with van der Waals surface area (Å²) in [6.07, 6.45) is 0.552. The van der Waals surface area contributed by atoms with E-state index in [0.717, 1.165) is 34.8 Å². The third-order valence-electron chi connectivity index (χ3n) is 4.96. The molecular formula is C21H17ClN2O2S. The van der Waals surface area contributed by atoms with Gasteiger partial charge in [0.15, 0.2) is 0 Å². The number of halogens is 1. The maximum absolute atomic E-state index is 6.35. The highest BCUT2D eigenvalue weighted by Gasteiger charge is 2.41. The van der Waals surface area contributed by atoms with Gasteiger partial charge in [-0.25, -0.2) is 5.01 Å². The van der Waals surface area contributed by atoms with Gasteiger partial charge in [-0.15, -0.1) is 11.3 Å². The molecule has 0 spiro atoms. The van der Waals surface area contributed by atoms with E-state index in [1.54, 1.807) is 18.4 Å². The topological polar surface area (TPSA) is 34.1 Å². The molecule has 3 aromatic rings. The predicted octanol–water partition coefficient (Wildman–Crippen LogP) is 5.65. The summed E-state index contributed by atoms with van der Waals surface area (Å²) in [4.78, 5) is 1.20. The molecular weight excluding hydrogens is 380 g/mol. The van der Waals surface area contributed by atoms with E-state index in [4.69, 9.17) is 26.2 Å². The maximum atomic E-state index is 6.35. The van der Waals surface area contributed by atoms with Gasteiger partial charge in [-0.1, -0.05) is 17.7 Å². The minimum Gasteiger partial charge on any atom is -0.497 e. The zero-order valence-corrected chi connectivity index (χ0v) is 16.2. The lowest BCUT2D eigenvalue weighted by molar-refractivity contribution is -0.0190. The molecule has 2 aliphatic heterocycles. The number of hydrogen-bond donors (Lipinski definition) is 0. The van der Waals surface area contributed by atoms with Crippen LogP contribution in [0.5, 0.6) is 11.5 Å². The Morgan fingerprint density at radius 1 is 1.19 bits per heavy atom. The van der Waals surface area contributed by atoms with Crippen LogP contribution in [0.2, 0.25) is 5.02 Å². The molecule has 0 saturated carbocycles. The van der Waals surface area contributed by atoms with Crippen LogP contribution in [-0.2, 0) is 0 Å². The highest BCUT2D eigenvalue weighted by molar-refractivity contribution is 7.12. The van der Waals surface area contributed by atoms with Gasteiger partial charge in [0.2, 0.25) is 6.23 Å². The van der Waals surface area contributed by atoms with Gasteiger partial charge in [-0.2, -0.15) is 5.10 Å². The molecule has 3 heterocycles. The lowest BCUT2D eigenvalue weighted by atomic mass is 9.97. The van der Waals surface area contributed by atoms with E-state index in [9.17, 15) is 0 Å². The van der Waals surface area contributed by atoms with Crippen LogP contribution in [0, 0.1) is 0 Å². The molecule has 2 unspecified atom stereocenters. The zero-order valence-electron chi connectivity index (χ0n) is 14.6. The molecule has 2 atom stereocenters. The number of hydrogen-bond acceptors (Lipinski definition) is 5. The second-order valence-corrected chi connectivity index (χ2v) is 7.93. The fourth-order valence-corrected chi connectivity index (χ4v) is 4.54. The fourth-order valence-electron chi connectivity index (χ4n) is 3.64. The van der Waals surface area contributed by atoms with Crippen molar-refractivity contribution in [3.63, 3.8) is 0 Å². The van der Waals surface area contributed by atoms with Crippen LogP contribution in [0.1, 0.15) is 34.7 Å². The Labute approximate surface area is 166 Å². The molecule has 4 nitrogen and oxygen atoms in total. The summed E-state index contributed by atoms with van der Waals surface area (Å²) in [5.41, 5.74) is 3.21. The summed E-state index contributed by atoms with van der Waals surface area (Å²) in [6, 6.07) is 18.1. The van der Waals surface area contributed by atoms with Crippen molar-refractivity contribution in [2.45, 2.75) is 18.7 Å². The first kappa shape index (κ1) is 16.7. The van der Waals surface area contributed by atoms with Crippen molar-refractivity contribution in [3.05, 3.63) is 81.0 Å². The van der Waals surface area contributed by atoms with E-state index in [1.165, 1.54) is 4.88 Å².